The highest BCUT2D eigenvalue weighted by Gasteiger charge is 2.15. The molecule has 0 spiro atoms. The Balaban J connectivity index is 1.82. The molecule has 0 fully saturated rings. The number of aliphatic hydroxyl groups excluding tert-OH is 1. The van der Waals surface area contributed by atoms with Gasteiger partial charge in [-0.25, -0.2) is 9.97 Å². The maximum atomic E-state index is 9.47. The van der Waals surface area contributed by atoms with Crippen molar-refractivity contribution in [1.29, 1.82) is 0 Å². The molecule has 2 heterocycles. The second-order valence-electron chi connectivity index (χ2n) is 6.14. The zero-order chi connectivity index (χ0) is 18.5. The summed E-state index contributed by atoms with van der Waals surface area (Å²) in [5, 5.41) is 20.1. The van der Waals surface area contributed by atoms with Crippen LogP contribution < -0.4 is 16.4 Å². The first-order valence-corrected chi connectivity index (χ1v) is 8.31. The first-order valence-electron chi connectivity index (χ1n) is 8.31. The highest BCUT2D eigenvalue weighted by atomic mass is 16.3. The van der Waals surface area contributed by atoms with Crippen LogP contribution in [0.25, 0.3) is 5.82 Å². The average Bonchev–Trinajstić information content (AvgIpc) is 3.00. The molecule has 0 aliphatic carbocycles. The number of benzene rings is 1. The molecule has 1 unspecified atom stereocenters. The molecule has 0 saturated carbocycles. The van der Waals surface area contributed by atoms with Gasteiger partial charge in [-0.05, 0) is 18.1 Å². The van der Waals surface area contributed by atoms with E-state index in [1.165, 1.54) is 11.0 Å². The Labute approximate surface area is 151 Å². The lowest BCUT2D eigenvalue weighted by Gasteiger charge is -2.20. The lowest BCUT2D eigenvalue weighted by atomic mass is 10.1. The van der Waals surface area contributed by atoms with E-state index in [1.54, 1.807) is 6.07 Å². The summed E-state index contributed by atoms with van der Waals surface area (Å²) in [6.07, 6.45) is 1.41. The number of aromatic nitrogens is 5. The fourth-order valence-corrected chi connectivity index (χ4v) is 2.35. The molecule has 26 heavy (non-hydrogen) atoms. The number of nitrogens with zero attached hydrogens (tertiary/aromatic N) is 5. The van der Waals surface area contributed by atoms with Crippen LogP contribution in [0.1, 0.15) is 13.8 Å². The topological polar surface area (TPSA) is 127 Å². The highest BCUT2D eigenvalue weighted by molar-refractivity contribution is 5.54. The van der Waals surface area contributed by atoms with E-state index in [2.05, 4.69) is 30.7 Å². The Morgan fingerprint density at radius 2 is 1.96 bits per heavy atom. The van der Waals surface area contributed by atoms with Gasteiger partial charge in [-0.1, -0.05) is 32.0 Å². The number of nitrogens with two attached hydrogens (primary N) is 1. The van der Waals surface area contributed by atoms with Crippen molar-refractivity contribution in [3.05, 3.63) is 42.7 Å². The standard InChI is InChI=1S/C17H22N8O/c1-11(2)13(9-26)22-14-8-15(20-10-19-14)25-16(18)23-17(24-25)21-12-6-4-3-5-7-12/h3-8,10-11,13,26H,9H2,1-2H3,(H,19,20,22)(H3,18,21,23,24). The summed E-state index contributed by atoms with van der Waals surface area (Å²) in [7, 11) is 0. The number of nitrogen functional groups attached to an aromatic ring is 1. The molecule has 0 bridgehead atoms. The Kier molecular flexibility index (Phi) is 5.28. The summed E-state index contributed by atoms with van der Waals surface area (Å²) in [6, 6.07) is 11.2. The summed E-state index contributed by atoms with van der Waals surface area (Å²) in [6.45, 7) is 4.05. The lowest BCUT2D eigenvalue weighted by Crippen LogP contribution is -2.29. The number of anilines is 4. The minimum Gasteiger partial charge on any atom is -0.394 e. The molecule has 2 aromatic heterocycles. The molecule has 136 valence electrons. The van der Waals surface area contributed by atoms with Crippen LogP contribution in [0.15, 0.2) is 42.7 Å². The van der Waals surface area contributed by atoms with Crippen LogP contribution >= 0.6 is 0 Å². The zero-order valence-electron chi connectivity index (χ0n) is 14.7. The number of rotatable bonds is 7. The summed E-state index contributed by atoms with van der Waals surface area (Å²) < 4.78 is 1.43. The molecule has 9 heteroatoms. The molecule has 3 aromatic rings. The van der Waals surface area contributed by atoms with Crippen molar-refractivity contribution in [1.82, 2.24) is 24.7 Å². The van der Waals surface area contributed by atoms with Gasteiger partial charge in [0.15, 0.2) is 5.82 Å². The first kappa shape index (κ1) is 17.6. The Hall–Kier alpha value is -3.20. The van der Waals surface area contributed by atoms with Gasteiger partial charge < -0.3 is 21.5 Å². The molecule has 1 aromatic carbocycles. The van der Waals surface area contributed by atoms with Crippen LogP contribution in [-0.2, 0) is 0 Å². The van der Waals surface area contributed by atoms with E-state index in [0.29, 0.717) is 17.6 Å². The third-order valence-corrected chi connectivity index (χ3v) is 3.87. The van der Waals surface area contributed by atoms with Gasteiger partial charge in [0.1, 0.15) is 12.1 Å². The smallest absolute Gasteiger partial charge is 0.248 e. The van der Waals surface area contributed by atoms with E-state index >= 15 is 0 Å². The SMILES string of the molecule is CC(C)C(CO)Nc1cc(-n2nc(Nc3ccccc3)nc2N)ncn1. The number of hydrogen-bond donors (Lipinski definition) is 4. The van der Waals surface area contributed by atoms with Gasteiger partial charge in [-0.3, -0.25) is 0 Å². The second-order valence-corrected chi connectivity index (χ2v) is 6.14. The molecule has 0 aliphatic rings. The van der Waals surface area contributed by atoms with Crippen molar-refractivity contribution in [2.45, 2.75) is 19.9 Å². The number of aliphatic hydroxyl groups is 1. The molecule has 0 aliphatic heterocycles. The molecular formula is C17H22N8O. The summed E-state index contributed by atoms with van der Waals surface area (Å²) in [4.78, 5) is 12.6. The van der Waals surface area contributed by atoms with Crippen LogP contribution in [0, 0.1) is 5.92 Å². The maximum absolute atomic E-state index is 9.47. The zero-order valence-corrected chi connectivity index (χ0v) is 14.7. The van der Waals surface area contributed by atoms with Crippen molar-refractivity contribution in [3.8, 4) is 5.82 Å². The Morgan fingerprint density at radius 1 is 1.19 bits per heavy atom. The van der Waals surface area contributed by atoms with Crippen LogP contribution in [-0.4, -0.2) is 42.5 Å². The van der Waals surface area contributed by atoms with Crippen molar-refractivity contribution in [2.75, 3.05) is 23.0 Å². The third-order valence-electron chi connectivity index (χ3n) is 3.87. The summed E-state index contributed by atoms with van der Waals surface area (Å²) in [5.41, 5.74) is 6.84. The monoisotopic (exact) mass is 354 g/mol. The number of para-hydroxylation sites is 1. The van der Waals surface area contributed by atoms with Gasteiger partial charge in [-0.15, -0.1) is 5.10 Å². The predicted octanol–water partition coefficient (Wildman–Crippen LogP) is 1.81. The fourth-order valence-electron chi connectivity index (χ4n) is 2.35. The van der Waals surface area contributed by atoms with Crippen LogP contribution in [0.4, 0.5) is 23.4 Å². The van der Waals surface area contributed by atoms with E-state index in [1.807, 2.05) is 44.2 Å². The fraction of sp³-hybridized carbons (Fsp3) is 0.294. The minimum atomic E-state index is -0.110. The average molecular weight is 354 g/mol. The van der Waals surface area contributed by atoms with Crippen molar-refractivity contribution in [2.24, 2.45) is 5.92 Å². The Bertz CT molecular complexity index is 849. The molecule has 5 N–H and O–H groups in total. The number of nitrogens with one attached hydrogen (secondary N) is 2. The third kappa shape index (κ3) is 4.06. The second kappa shape index (κ2) is 7.79. The minimum absolute atomic E-state index is 0.00755. The molecule has 3 rings (SSSR count). The largest absolute Gasteiger partial charge is 0.394 e. The van der Waals surface area contributed by atoms with E-state index in [-0.39, 0.29) is 24.5 Å². The quantitative estimate of drug-likeness (QED) is 0.506. The van der Waals surface area contributed by atoms with Crippen molar-refractivity contribution in [3.63, 3.8) is 0 Å². The van der Waals surface area contributed by atoms with Gasteiger partial charge >= 0.3 is 0 Å². The van der Waals surface area contributed by atoms with Crippen molar-refractivity contribution >= 4 is 23.4 Å². The van der Waals surface area contributed by atoms with Crippen LogP contribution in [0.5, 0.6) is 0 Å². The predicted molar refractivity (Wildman–Crippen MR) is 100 cm³/mol. The first-order chi connectivity index (χ1) is 12.6. The normalized spacial score (nSPS) is 12.2. The van der Waals surface area contributed by atoms with E-state index < -0.39 is 0 Å². The molecule has 0 amide bonds. The van der Waals surface area contributed by atoms with Crippen LogP contribution in [0.2, 0.25) is 0 Å². The van der Waals surface area contributed by atoms with Gasteiger partial charge in [0.2, 0.25) is 11.9 Å². The lowest BCUT2D eigenvalue weighted by molar-refractivity contribution is 0.249. The Morgan fingerprint density at radius 3 is 2.65 bits per heavy atom. The molecule has 0 saturated heterocycles. The molecule has 0 radical (unpaired) electrons. The van der Waals surface area contributed by atoms with Gasteiger partial charge in [0.25, 0.3) is 0 Å². The summed E-state index contributed by atoms with van der Waals surface area (Å²) in [5.74, 6) is 1.88. The van der Waals surface area contributed by atoms with E-state index in [9.17, 15) is 5.11 Å². The van der Waals surface area contributed by atoms with Gasteiger partial charge in [0.05, 0.1) is 12.6 Å². The molecule has 1 atom stereocenters. The highest BCUT2D eigenvalue weighted by Crippen LogP contribution is 2.18. The molecular weight excluding hydrogens is 332 g/mol. The van der Waals surface area contributed by atoms with E-state index in [0.717, 1.165) is 5.69 Å². The van der Waals surface area contributed by atoms with Gasteiger partial charge in [-0.2, -0.15) is 9.67 Å². The maximum Gasteiger partial charge on any atom is 0.248 e. The number of hydrogen-bond acceptors (Lipinski definition) is 8. The van der Waals surface area contributed by atoms with Gasteiger partial charge in [0, 0.05) is 11.8 Å². The van der Waals surface area contributed by atoms with Crippen LogP contribution in [0.3, 0.4) is 0 Å². The van der Waals surface area contributed by atoms with Crippen molar-refractivity contribution < 1.29 is 5.11 Å². The molecule has 9 nitrogen and oxygen atoms in total. The summed E-state index contributed by atoms with van der Waals surface area (Å²) >= 11 is 0. The van der Waals surface area contributed by atoms with E-state index in [4.69, 9.17) is 5.73 Å².